The number of rotatable bonds is 19. The average molecular weight is 1110 g/mol. The van der Waals surface area contributed by atoms with E-state index in [4.69, 9.17) is 5.11 Å². The Kier molecular flexibility index (Phi) is 16.9. The summed E-state index contributed by atoms with van der Waals surface area (Å²) in [6, 6.07) is 0. The molecular formula is C30H20F34O5. The highest BCUT2D eigenvalue weighted by atomic mass is 19.5. The maximum atomic E-state index is 15.3. The third-order valence-corrected chi connectivity index (χ3v) is 9.17. The van der Waals surface area contributed by atoms with Crippen molar-refractivity contribution in [2.24, 2.45) is 0 Å². The van der Waals surface area contributed by atoms with Crippen LogP contribution in [0.15, 0.2) is 22.3 Å². The molecule has 0 aromatic rings. The molecule has 2 N–H and O–H groups in total. The van der Waals surface area contributed by atoms with Gasteiger partial charge in [0.2, 0.25) is 0 Å². The van der Waals surface area contributed by atoms with Gasteiger partial charge in [0.05, 0.1) is 6.10 Å². The summed E-state index contributed by atoms with van der Waals surface area (Å²) in [5.74, 6) is -95.5. The van der Waals surface area contributed by atoms with E-state index in [1.807, 2.05) is 0 Å². The summed E-state index contributed by atoms with van der Waals surface area (Å²) in [5, 5.41) is 18.4. The van der Waals surface area contributed by atoms with Crippen LogP contribution < -0.4 is 0 Å². The van der Waals surface area contributed by atoms with E-state index in [-0.39, 0.29) is 13.8 Å². The van der Waals surface area contributed by atoms with Crippen LogP contribution in [0, 0.1) is 0 Å². The first kappa shape index (κ1) is 65.0. The fraction of sp³-hybridized carbons (Fsp3) is 0.800. The van der Waals surface area contributed by atoms with Crippen molar-refractivity contribution in [1.29, 1.82) is 0 Å². The molecule has 0 aliphatic carbocycles. The summed E-state index contributed by atoms with van der Waals surface area (Å²) in [6.45, 7) is -1.40. The number of esters is 1. The number of aliphatic hydroxyl groups is 1. The minimum absolute atomic E-state index is 0.00425. The molecule has 0 saturated carbocycles. The standard InChI is InChI=1S/C30H20F34O5/c1-7(65)5-11(15(31,32)20(39,40)24(47,48)26(51,52)25(49,50)22(43,44)18(36,29(59,60)61)30(62,63)64)10(4)14(68)69-8(2)6-12(9(3)13(66)67)16(33,34)19(37,38)23(45,46)21(41,42)17(35,27(53,54)55)28(56,57)58/h7-8,65H,5-6H2,1-4H3,(H,66,67). The Labute approximate surface area is 357 Å². The van der Waals surface area contributed by atoms with Crippen molar-refractivity contribution in [1.82, 2.24) is 0 Å². The van der Waals surface area contributed by atoms with E-state index in [2.05, 4.69) is 4.74 Å². The molecule has 0 aliphatic heterocycles. The normalized spacial score (nSPS) is 17.6. The lowest BCUT2D eigenvalue weighted by Gasteiger charge is -2.45. The van der Waals surface area contributed by atoms with Crippen molar-refractivity contribution >= 4 is 11.9 Å². The smallest absolute Gasteiger partial charge is 0.438 e. The second kappa shape index (κ2) is 17.9. The Hall–Kier alpha value is -4.00. The number of ether oxygens (including phenoxy) is 1. The predicted octanol–water partition coefficient (Wildman–Crippen LogP) is 12.8. The highest BCUT2D eigenvalue weighted by Gasteiger charge is 2.99. The van der Waals surface area contributed by atoms with Crippen molar-refractivity contribution in [3.8, 4) is 0 Å². The Balaban J connectivity index is 7.90. The number of carboxylic acid groups (broad SMARTS) is 1. The van der Waals surface area contributed by atoms with E-state index >= 15 is 17.6 Å². The maximum Gasteiger partial charge on any atom is 0.438 e. The van der Waals surface area contributed by atoms with Gasteiger partial charge in [-0.15, -0.1) is 0 Å². The Bertz CT molecular complexity index is 1930. The molecule has 408 valence electrons. The fourth-order valence-corrected chi connectivity index (χ4v) is 5.21. The lowest BCUT2D eigenvalue weighted by atomic mass is 9.82. The second-order valence-corrected chi connectivity index (χ2v) is 14.0. The highest BCUT2D eigenvalue weighted by Crippen LogP contribution is 2.68. The van der Waals surface area contributed by atoms with Crippen LogP contribution in [-0.2, 0) is 14.3 Å². The Morgan fingerprint density at radius 3 is 0.870 bits per heavy atom. The van der Waals surface area contributed by atoms with Crippen LogP contribution in [-0.4, -0.2) is 130 Å². The number of aliphatic hydroxyl groups excluding tert-OH is 1. The molecule has 0 fully saturated rings. The number of carbonyl (C=O) groups is 2. The number of carboxylic acids is 1. The molecule has 0 spiro atoms. The molecule has 5 nitrogen and oxygen atoms in total. The quantitative estimate of drug-likeness (QED) is 0.0765. The summed E-state index contributed by atoms with van der Waals surface area (Å²) in [7, 11) is 0. The van der Waals surface area contributed by atoms with Crippen molar-refractivity contribution in [3.63, 3.8) is 0 Å². The van der Waals surface area contributed by atoms with E-state index in [1.165, 1.54) is 0 Å². The fourth-order valence-electron chi connectivity index (χ4n) is 5.21. The van der Waals surface area contributed by atoms with Gasteiger partial charge in [-0.3, -0.25) is 0 Å². The van der Waals surface area contributed by atoms with Crippen molar-refractivity contribution in [2.45, 2.75) is 148 Å². The Morgan fingerprint density at radius 2 is 0.623 bits per heavy atom. The molecule has 0 bridgehead atoms. The molecule has 0 heterocycles. The summed E-state index contributed by atoms with van der Waals surface area (Å²) < 4.78 is 477. The summed E-state index contributed by atoms with van der Waals surface area (Å²) in [6.07, 6.45) is -46.4. The summed E-state index contributed by atoms with van der Waals surface area (Å²) in [4.78, 5) is 24.0. The van der Waals surface area contributed by atoms with E-state index in [1.54, 1.807) is 0 Å². The number of hydrogen-bond acceptors (Lipinski definition) is 4. The molecule has 0 saturated heterocycles. The zero-order chi connectivity index (χ0) is 56.7. The van der Waals surface area contributed by atoms with Crippen LogP contribution >= 0.6 is 0 Å². The van der Waals surface area contributed by atoms with Crippen molar-refractivity contribution in [2.75, 3.05) is 0 Å². The van der Waals surface area contributed by atoms with Crippen LogP contribution in [0.3, 0.4) is 0 Å². The molecule has 0 rings (SSSR count). The third-order valence-electron chi connectivity index (χ3n) is 9.17. The van der Waals surface area contributed by atoms with E-state index in [0.717, 1.165) is 0 Å². The van der Waals surface area contributed by atoms with Crippen molar-refractivity contribution in [3.05, 3.63) is 22.3 Å². The predicted molar refractivity (Wildman–Crippen MR) is 151 cm³/mol. The first-order chi connectivity index (χ1) is 29.5. The lowest BCUT2D eigenvalue weighted by molar-refractivity contribution is -0.471. The minimum Gasteiger partial charge on any atom is -0.478 e. The molecule has 0 aliphatic rings. The maximum absolute atomic E-state index is 15.3. The van der Waals surface area contributed by atoms with Gasteiger partial charge in [-0.2, -0.15) is 140 Å². The highest BCUT2D eigenvalue weighted by molar-refractivity contribution is 5.89. The first-order valence-electron chi connectivity index (χ1n) is 16.4. The van der Waals surface area contributed by atoms with Gasteiger partial charge in [-0.1, -0.05) is 0 Å². The second-order valence-electron chi connectivity index (χ2n) is 14.0. The average Bonchev–Trinajstić information content (AvgIpc) is 3.11. The topological polar surface area (TPSA) is 83.8 Å². The first-order valence-corrected chi connectivity index (χ1v) is 16.4. The van der Waals surface area contributed by atoms with Crippen LogP contribution in [0.1, 0.15) is 40.5 Å². The monoisotopic (exact) mass is 1110 g/mol. The molecule has 2 atom stereocenters. The molecule has 0 aromatic carbocycles. The molecule has 0 aromatic heterocycles. The minimum atomic E-state index is -9.57. The lowest BCUT2D eigenvalue weighted by Crippen LogP contribution is -2.77. The zero-order valence-corrected chi connectivity index (χ0v) is 32.5. The van der Waals surface area contributed by atoms with Crippen LogP contribution in [0.5, 0.6) is 0 Å². The molecular weight excluding hydrogens is 1090 g/mol. The van der Waals surface area contributed by atoms with Crippen molar-refractivity contribution < 1.29 is 174 Å². The van der Waals surface area contributed by atoms with E-state index in [0.29, 0.717) is 0 Å². The molecule has 0 radical (unpaired) electrons. The third kappa shape index (κ3) is 9.37. The van der Waals surface area contributed by atoms with Gasteiger partial charge in [-0.25, -0.2) is 18.4 Å². The van der Waals surface area contributed by atoms with Gasteiger partial charge in [0.25, 0.3) is 0 Å². The number of carbonyl (C=O) groups excluding carboxylic acids is 1. The van der Waals surface area contributed by atoms with Gasteiger partial charge in [0.15, 0.2) is 0 Å². The molecule has 0 amide bonds. The largest absolute Gasteiger partial charge is 0.478 e. The molecule has 2 unspecified atom stereocenters. The number of hydrogen-bond donors (Lipinski definition) is 2. The van der Waals surface area contributed by atoms with Crippen LogP contribution in [0.25, 0.3) is 0 Å². The van der Waals surface area contributed by atoms with Gasteiger partial charge < -0.3 is 14.9 Å². The number of alkyl halides is 34. The van der Waals surface area contributed by atoms with Gasteiger partial charge >= 0.3 is 107 Å². The zero-order valence-electron chi connectivity index (χ0n) is 32.5. The SMILES string of the molecule is CC(C(=O)OC(C)CC(=C(C)C(=O)O)C(F)(F)C(F)(F)C(F)(F)C(F)(F)C(F)(C(F)(F)F)C(F)(F)F)=C(CC(C)O)C(F)(F)C(F)(F)C(F)(F)C(F)(F)C(F)(F)C(F)(F)C(F)(C(F)(F)F)C(F)(F)F. The molecule has 39 heteroatoms. The summed E-state index contributed by atoms with van der Waals surface area (Å²) in [5.41, 5.74) is -30.7. The summed E-state index contributed by atoms with van der Waals surface area (Å²) >= 11 is 0. The van der Waals surface area contributed by atoms with Crippen LogP contribution in [0.2, 0.25) is 0 Å². The van der Waals surface area contributed by atoms with E-state index < -0.39 is 168 Å². The number of aliphatic carboxylic acids is 1. The van der Waals surface area contributed by atoms with E-state index in [9.17, 15) is 146 Å². The number of halogens is 34. The van der Waals surface area contributed by atoms with Gasteiger partial charge in [0, 0.05) is 35.1 Å². The molecule has 69 heavy (non-hydrogen) atoms. The van der Waals surface area contributed by atoms with Gasteiger partial charge in [-0.05, 0) is 27.7 Å². The van der Waals surface area contributed by atoms with Crippen LogP contribution in [0.4, 0.5) is 149 Å². The van der Waals surface area contributed by atoms with Gasteiger partial charge in [0.1, 0.15) is 6.10 Å². The Morgan fingerprint density at radius 1 is 0.391 bits per heavy atom.